The molecule has 4 radical (unpaired) electrons. The van der Waals surface area contributed by atoms with Gasteiger partial charge < -0.3 is 54.8 Å². The van der Waals surface area contributed by atoms with Crippen LogP contribution in [0.4, 0.5) is 5.82 Å². The molecule has 0 amide bonds. The third-order valence-corrected chi connectivity index (χ3v) is 7.93. The molecule has 186 valence electrons. The van der Waals surface area contributed by atoms with Crippen LogP contribution in [0.3, 0.4) is 0 Å². The molecular weight excluding hydrogens is 533 g/mol. The number of imidazole rings is 1. The van der Waals surface area contributed by atoms with E-state index in [1.165, 1.54) is 10.9 Å². The Labute approximate surface area is 250 Å². The van der Waals surface area contributed by atoms with Crippen LogP contribution < -0.4 is 30.2 Å². The zero-order valence-corrected chi connectivity index (χ0v) is 22.0. The number of fused-ring (bicyclic) bond motifs is 1. The minimum absolute atomic E-state index is 0. The molecule has 1 aliphatic heterocycles. The molecule has 0 aromatic carbocycles. The summed E-state index contributed by atoms with van der Waals surface area (Å²) in [5, 5.41) is 20.3. The standard InChI is InChI=1S/C10H17N6O12P3.4Li.H2O/c11-8-5-9(13-2-12-8)16(3-14-5)10-7(18)6(17)4(27-10)1-26-31(24,25)28-30(22,23)15-29(19,20)21;;;;;/h2-4,6-7,10,17-18H,1H2,(H,24,25)(H2,11,12,13)(H4,15,19,20,21,22,23);;;;;1H2/p-4/t4-,6-,7-,10-;;;;;/m1...../s1. The molecule has 7 N–H and O–H groups in total. The van der Waals surface area contributed by atoms with Crippen LogP contribution in [0, 0.1) is 0 Å². The number of aliphatic hydroxyl groups excluding tert-OH is 2. The van der Waals surface area contributed by atoms with Gasteiger partial charge in [0, 0.05) is 83.2 Å². The van der Waals surface area contributed by atoms with Gasteiger partial charge in [-0.15, -0.1) is 0 Å². The van der Waals surface area contributed by atoms with Gasteiger partial charge in [0.2, 0.25) is 7.75 Å². The Morgan fingerprint density at radius 2 is 1.64 bits per heavy atom. The van der Waals surface area contributed by atoms with Crippen LogP contribution in [0.15, 0.2) is 12.7 Å². The van der Waals surface area contributed by atoms with Crippen LogP contribution in [-0.2, 0) is 27.3 Å². The van der Waals surface area contributed by atoms with Crippen molar-refractivity contribution in [1.29, 1.82) is 0 Å². The molecule has 2 unspecified atom stereocenters. The number of phosphoric ester groups is 1. The van der Waals surface area contributed by atoms with Crippen molar-refractivity contribution in [3.8, 4) is 0 Å². The summed E-state index contributed by atoms with van der Waals surface area (Å²) in [4.78, 5) is 55.8. The summed E-state index contributed by atoms with van der Waals surface area (Å²) in [6, 6.07) is 0. The third-order valence-electron chi connectivity index (χ3n) is 3.85. The number of phosphoric acid groups is 1. The summed E-state index contributed by atoms with van der Waals surface area (Å²) >= 11 is 0. The monoisotopic (exact) mass is 548 g/mol. The Morgan fingerprint density at radius 1 is 1.06 bits per heavy atom. The van der Waals surface area contributed by atoms with Crippen molar-refractivity contribution < 1.29 is 62.5 Å². The summed E-state index contributed by atoms with van der Waals surface area (Å²) in [5.41, 5.74) is 5.94. The van der Waals surface area contributed by atoms with Crippen molar-refractivity contribution in [1.82, 2.24) is 24.4 Å². The number of aliphatic hydroxyl groups is 2. The molecule has 2 aromatic rings. The molecule has 0 spiro atoms. The second kappa shape index (κ2) is 15.7. The Bertz CT molecular complexity index is 1130. The first kappa shape index (κ1) is 41.5. The molecule has 6 atom stereocenters. The van der Waals surface area contributed by atoms with E-state index in [1.54, 1.807) is 0 Å². The molecule has 1 aliphatic rings. The smallest absolute Gasteiger partial charge is 0.273 e. The molecular formula is C10H15Li4N6O13P3-4. The van der Waals surface area contributed by atoms with Crippen molar-refractivity contribution in [3.05, 3.63) is 12.7 Å². The number of aromatic nitrogens is 4. The van der Waals surface area contributed by atoms with Gasteiger partial charge in [0.1, 0.15) is 30.2 Å². The number of hydrogen-bond donors (Lipinski definition) is 4. The maximum Gasteiger partial charge on any atom is 0.273 e. The normalized spacial score (nSPS) is 24.5. The summed E-state index contributed by atoms with van der Waals surface area (Å²) in [7, 11) is -17.5. The summed E-state index contributed by atoms with van der Waals surface area (Å²) in [6.45, 7) is -1.05. The number of ether oxygens (including phenoxy) is 1. The minimum atomic E-state index is -5.89. The third kappa shape index (κ3) is 10.5. The van der Waals surface area contributed by atoms with Gasteiger partial charge in [0.25, 0.3) is 7.82 Å². The second-order valence-electron chi connectivity index (χ2n) is 6.05. The molecule has 19 nitrogen and oxygen atoms in total. The molecule has 3 heterocycles. The number of nitrogen functional groups attached to an aromatic ring is 1. The largest absolute Gasteiger partial charge is 0.799 e. The van der Waals surface area contributed by atoms with Crippen LogP contribution >= 0.6 is 23.3 Å². The molecule has 3 rings (SSSR count). The molecule has 1 fully saturated rings. The molecule has 0 aliphatic carbocycles. The van der Waals surface area contributed by atoms with E-state index in [9.17, 15) is 43.5 Å². The van der Waals surface area contributed by atoms with Gasteiger partial charge in [-0.1, -0.05) is 0 Å². The van der Waals surface area contributed by atoms with Gasteiger partial charge in [0.15, 0.2) is 17.7 Å². The average Bonchev–Trinajstić information content (AvgIpc) is 3.13. The fraction of sp³-hybridized carbons (Fsp3) is 0.500. The molecule has 0 bridgehead atoms. The van der Waals surface area contributed by atoms with Gasteiger partial charge in [0.05, 0.1) is 12.9 Å². The SMILES string of the molecule is Nc1ncnc2c1ncn2[C@@H]1O[C@H](COP(=O)([O-])OP(=O)([O-])NP(=O)([O-])[O-])[C@@H](O)[C@H]1O.O.[Li].[Li].[Li].[Li]. The fourth-order valence-corrected chi connectivity index (χ4v) is 5.89. The van der Waals surface area contributed by atoms with Crippen molar-refractivity contribution in [3.63, 3.8) is 0 Å². The van der Waals surface area contributed by atoms with E-state index in [1.807, 2.05) is 0 Å². The zero-order valence-electron chi connectivity index (χ0n) is 19.4. The summed E-state index contributed by atoms with van der Waals surface area (Å²) in [6.07, 6.45) is -3.92. The number of anilines is 1. The Hall–Kier alpha value is 0.990. The molecule has 2 aromatic heterocycles. The number of nitrogens with two attached hydrogens (primary N) is 1. The van der Waals surface area contributed by atoms with Crippen molar-refractivity contribution in [2.45, 2.75) is 24.5 Å². The molecule has 26 heteroatoms. The predicted octanol–water partition coefficient (Wildman–Crippen LogP) is -6.93. The first-order chi connectivity index (χ1) is 14.2. The minimum Gasteiger partial charge on any atom is -0.799 e. The number of nitrogens with one attached hydrogen (secondary N) is 1. The van der Waals surface area contributed by atoms with E-state index in [0.717, 1.165) is 6.33 Å². The first-order valence-corrected chi connectivity index (χ1v) is 12.5. The van der Waals surface area contributed by atoms with E-state index in [2.05, 4.69) is 23.8 Å². The van der Waals surface area contributed by atoms with Crippen molar-refractivity contribution in [2.24, 2.45) is 0 Å². The van der Waals surface area contributed by atoms with Gasteiger partial charge in [-0.2, -0.15) is 0 Å². The van der Waals surface area contributed by atoms with Crippen LogP contribution in [0.25, 0.3) is 11.2 Å². The van der Waals surface area contributed by atoms with Crippen LogP contribution in [0.1, 0.15) is 6.23 Å². The van der Waals surface area contributed by atoms with E-state index < -0.39 is 54.5 Å². The number of rotatable bonds is 8. The zero-order chi connectivity index (χ0) is 23.2. The van der Waals surface area contributed by atoms with E-state index in [0.29, 0.717) is 4.86 Å². The predicted molar refractivity (Wildman–Crippen MR) is 115 cm³/mol. The average molecular weight is 548 g/mol. The van der Waals surface area contributed by atoms with Crippen LogP contribution in [0.2, 0.25) is 0 Å². The number of hydrogen-bond acceptors (Lipinski definition) is 16. The van der Waals surface area contributed by atoms with E-state index in [-0.39, 0.29) is 97.9 Å². The van der Waals surface area contributed by atoms with Gasteiger partial charge in [-0.3, -0.25) is 18.0 Å². The Balaban J connectivity index is -0.00000218. The van der Waals surface area contributed by atoms with Crippen LogP contribution in [0.5, 0.6) is 0 Å². The summed E-state index contributed by atoms with van der Waals surface area (Å²) < 4.78 is 47.6. The molecule has 1 saturated heterocycles. The van der Waals surface area contributed by atoms with Crippen molar-refractivity contribution in [2.75, 3.05) is 12.3 Å². The second-order valence-corrected chi connectivity index (χ2v) is 10.6. The first-order valence-electron chi connectivity index (χ1n) is 7.93. The van der Waals surface area contributed by atoms with Crippen LogP contribution in [-0.4, -0.2) is 136 Å². The quantitative estimate of drug-likeness (QED) is 0.176. The number of nitrogens with zero attached hydrogens (tertiary/aromatic N) is 4. The van der Waals surface area contributed by atoms with E-state index >= 15 is 0 Å². The van der Waals surface area contributed by atoms with Gasteiger partial charge in [-0.05, 0) is 0 Å². The molecule has 0 saturated carbocycles. The van der Waals surface area contributed by atoms with Gasteiger partial charge in [-0.25, -0.2) is 19.8 Å². The summed E-state index contributed by atoms with van der Waals surface area (Å²) in [5.74, 6) is 0.0254. The maximum absolute atomic E-state index is 11.6. The van der Waals surface area contributed by atoms with Crippen molar-refractivity contribution >= 4 is 116 Å². The van der Waals surface area contributed by atoms with Gasteiger partial charge >= 0.3 is 0 Å². The van der Waals surface area contributed by atoms with E-state index in [4.69, 9.17) is 10.5 Å². The Kier molecular flexibility index (Phi) is 18.1. The topological polar surface area (TPSA) is 325 Å². The maximum atomic E-state index is 11.6. The molecule has 36 heavy (non-hydrogen) atoms. The Morgan fingerprint density at radius 3 is 2.19 bits per heavy atom. The fourth-order valence-electron chi connectivity index (χ4n) is 2.64.